The molecule has 2 rings (SSSR count). The van der Waals surface area contributed by atoms with Gasteiger partial charge in [-0.15, -0.1) is 11.3 Å². The van der Waals surface area contributed by atoms with Gasteiger partial charge in [-0.05, 0) is 24.6 Å². The Bertz CT molecular complexity index is 537. The second kappa shape index (κ2) is 5.33. The molecule has 0 aliphatic carbocycles. The summed E-state index contributed by atoms with van der Waals surface area (Å²) in [6.07, 6.45) is 0. The minimum atomic E-state index is -0.887. The van der Waals surface area contributed by atoms with E-state index in [-0.39, 0.29) is 0 Å². The predicted molar refractivity (Wildman–Crippen MR) is 69.8 cm³/mol. The number of hydrogen-bond acceptors (Lipinski definition) is 4. The van der Waals surface area contributed by atoms with Gasteiger partial charge < -0.3 is 5.11 Å². The highest BCUT2D eigenvalue weighted by Crippen LogP contribution is 2.26. The van der Waals surface area contributed by atoms with Crippen LogP contribution in [0.2, 0.25) is 0 Å². The normalized spacial score (nSPS) is 10.4. The van der Waals surface area contributed by atoms with Crippen LogP contribution < -0.4 is 0 Å². The molecule has 0 aliphatic heterocycles. The van der Waals surface area contributed by atoms with Gasteiger partial charge in [0.2, 0.25) is 0 Å². The number of rotatable bonds is 4. The van der Waals surface area contributed by atoms with E-state index in [9.17, 15) is 4.79 Å². The van der Waals surface area contributed by atoms with Gasteiger partial charge in [-0.1, -0.05) is 23.9 Å². The molecule has 0 aliphatic rings. The summed E-state index contributed by atoms with van der Waals surface area (Å²) in [5, 5.41) is 10.9. The van der Waals surface area contributed by atoms with Crippen molar-refractivity contribution in [1.82, 2.24) is 4.98 Å². The molecule has 0 saturated carbocycles. The Morgan fingerprint density at radius 3 is 3.00 bits per heavy atom. The molecule has 0 unspecified atom stereocenters. The van der Waals surface area contributed by atoms with Crippen LogP contribution in [0.3, 0.4) is 0 Å². The van der Waals surface area contributed by atoms with E-state index in [1.54, 1.807) is 41.3 Å². The van der Waals surface area contributed by atoms with E-state index in [0.29, 0.717) is 5.56 Å². The van der Waals surface area contributed by atoms with Crippen LogP contribution in [0.15, 0.2) is 34.0 Å². The van der Waals surface area contributed by atoms with Gasteiger partial charge >= 0.3 is 5.97 Å². The summed E-state index contributed by atoms with van der Waals surface area (Å²) in [6, 6.07) is 7.01. The molecular formula is C12H11NO2S2. The number of hydrogen-bond donors (Lipinski definition) is 1. The number of nitrogens with zero attached hydrogens (tertiary/aromatic N) is 1. The molecule has 0 saturated heterocycles. The van der Waals surface area contributed by atoms with Crippen molar-refractivity contribution in [2.75, 3.05) is 0 Å². The van der Waals surface area contributed by atoms with E-state index < -0.39 is 5.97 Å². The third-order valence-corrected chi connectivity index (χ3v) is 4.34. The second-order valence-corrected chi connectivity index (χ2v) is 5.63. The lowest BCUT2D eigenvalue weighted by Gasteiger charge is -2.00. The lowest BCUT2D eigenvalue weighted by molar-refractivity contribution is 0.0697. The molecule has 0 bridgehead atoms. The first kappa shape index (κ1) is 12.1. The Hall–Kier alpha value is -1.33. The van der Waals surface area contributed by atoms with Crippen LogP contribution >= 0.6 is 23.1 Å². The van der Waals surface area contributed by atoms with E-state index in [2.05, 4.69) is 4.98 Å². The van der Waals surface area contributed by atoms with E-state index in [0.717, 1.165) is 21.3 Å². The van der Waals surface area contributed by atoms with Gasteiger partial charge in [-0.25, -0.2) is 9.78 Å². The number of thiazole rings is 1. The Labute approximate surface area is 108 Å². The van der Waals surface area contributed by atoms with Crippen molar-refractivity contribution in [2.45, 2.75) is 17.0 Å². The molecule has 1 heterocycles. The number of aryl methyl sites for hydroxylation is 1. The van der Waals surface area contributed by atoms with Crippen LogP contribution in [-0.2, 0) is 5.75 Å². The van der Waals surface area contributed by atoms with Crippen LogP contribution in [0.25, 0.3) is 0 Å². The van der Waals surface area contributed by atoms with Gasteiger partial charge in [0, 0.05) is 16.8 Å². The van der Waals surface area contributed by atoms with E-state index in [1.807, 2.05) is 18.4 Å². The molecule has 1 aromatic carbocycles. The van der Waals surface area contributed by atoms with Crippen LogP contribution in [0.4, 0.5) is 0 Å². The fourth-order valence-corrected chi connectivity index (χ4v) is 3.13. The summed E-state index contributed by atoms with van der Waals surface area (Å²) in [5.41, 5.74) is 2.36. The van der Waals surface area contributed by atoms with Crippen molar-refractivity contribution >= 4 is 29.1 Å². The maximum absolute atomic E-state index is 10.8. The zero-order valence-electron chi connectivity index (χ0n) is 9.21. The first-order valence-corrected chi connectivity index (χ1v) is 6.89. The number of carbonyl (C=O) groups is 1. The van der Waals surface area contributed by atoms with Crippen LogP contribution in [0.5, 0.6) is 0 Å². The zero-order valence-corrected chi connectivity index (χ0v) is 10.8. The Morgan fingerprint density at radius 2 is 2.35 bits per heavy atom. The fourth-order valence-electron chi connectivity index (χ4n) is 1.34. The summed E-state index contributed by atoms with van der Waals surface area (Å²) in [4.78, 5) is 15.2. The third-order valence-electron chi connectivity index (χ3n) is 2.13. The van der Waals surface area contributed by atoms with Gasteiger partial charge in [-0.2, -0.15) is 0 Å². The summed E-state index contributed by atoms with van der Waals surface area (Å²) < 4.78 is 1.02. The second-order valence-electron chi connectivity index (χ2n) is 3.55. The lowest BCUT2D eigenvalue weighted by Crippen LogP contribution is -1.96. The number of aromatic nitrogens is 1. The predicted octanol–water partition coefficient (Wildman–Crippen LogP) is 3.44. The minimum Gasteiger partial charge on any atom is -0.478 e. The monoisotopic (exact) mass is 265 g/mol. The molecule has 3 nitrogen and oxygen atoms in total. The average molecular weight is 265 g/mol. The van der Waals surface area contributed by atoms with Gasteiger partial charge in [0.1, 0.15) is 4.34 Å². The first-order chi connectivity index (χ1) is 8.15. The van der Waals surface area contributed by atoms with Crippen molar-refractivity contribution in [3.05, 3.63) is 46.5 Å². The van der Waals surface area contributed by atoms with Crippen LogP contribution in [-0.4, -0.2) is 16.1 Å². The third kappa shape index (κ3) is 3.31. The quantitative estimate of drug-likeness (QED) is 0.860. The van der Waals surface area contributed by atoms with Crippen molar-refractivity contribution in [3.63, 3.8) is 0 Å². The molecule has 5 heteroatoms. The van der Waals surface area contributed by atoms with Crippen LogP contribution in [0.1, 0.15) is 21.6 Å². The topological polar surface area (TPSA) is 50.2 Å². The maximum Gasteiger partial charge on any atom is 0.335 e. The summed E-state index contributed by atoms with van der Waals surface area (Å²) in [5.74, 6) is -0.143. The van der Waals surface area contributed by atoms with Gasteiger partial charge in [-0.3, -0.25) is 0 Å². The van der Waals surface area contributed by atoms with Gasteiger partial charge in [0.25, 0.3) is 0 Å². The summed E-state index contributed by atoms with van der Waals surface area (Å²) in [6.45, 7) is 1.96. The average Bonchev–Trinajstić information content (AvgIpc) is 2.73. The van der Waals surface area contributed by atoms with E-state index >= 15 is 0 Å². The van der Waals surface area contributed by atoms with E-state index in [1.165, 1.54) is 0 Å². The highest BCUT2D eigenvalue weighted by molar-refractivity contribution is 8.00. The standard InChI is InChI=1S/C12H11NO2S2/c1-8-6-16-12(13-8)17-7-9-3-2-4-10(5-9)11(14)15/h2-6H,7H2,1H3,(H,14,15). The van der Waals surface area contributed by atoms with E-state index in [4.69, 9.17) is 5.11 Å². The number of benzene rings is 1. The molecule has 1 N–H and O–H groups in total. The lowest BCUT2D eigenvalue weighted by atomic mass is 10.1. The highest BCUT2D eigenvalue weighted by atomic mass is 32.2. The molecule has 0 radical (unpaired) electrons. The molecule has 0 fully saturated rings. The Kier molecular flexibility index (Phi) is 3.81. The SMILES string of the molecule is Cc1csc(SCc2cccc(C(=O)O)c2)n1. The maximum atomic E-state index is 10.8. The number of aromatic carboxylic acids is 1. The van der Waals surface area contributed by atoms with Crippen LogP contribution in [0, 0.1) is 6.92 Å². The molecule has 17 heavy (non-hydrogen) atoms. The summed E-state index contributed by atoms with van der Waals surface area (Å²) >= 11 is 3.24. The molecule has 0 amide bonds. The number of carboxylic acid groups (broad SMARTS) is 1. The Morgan fingerprint density at radius 1 is 1.53 bits per heavy atom. The highest BCUT2D eigenvalue weighted by Gasteiger charge is 2.04. The number of carboxylic acids is 1. The smallest absolute Gasteiger partial charge is 0.335 e. The molecule has 0 spiro atoms. The largest absolute Gasteiger partial charge is 0.478 e. The van der Waals surface area contributed by atoms with Crippen molar-refractivity contribution < 1.29 is 9.90 Å². The van der Waals surface area contributed by atoms with Crippen molar-refractivity contribution in [1.29, 1.82) is 0 Å². The molecule has 88 valence electrons. The van der Waals surface area contributed by atoms with Gasteiger partial charge in [0.05, 0.1) is 5.56 Å². The summed E-state index contributed by atoms with van der Waals surface area (Å²) in [7, 11) is 0. The molecule has 0 atom stereocenters. The first-order valence-electron chi connectivity index (χ1n) is 5.02. The molecular weight excluding hydrogens is 254 g/mol. The molecule has 2 aromatic rings. The Balaban J connectivity index is 2.04. The zero-order chi connectivity index (χ0) is 12.3. The minimum absolute atomic E-state index is 0.332. The van der Waals surface area contributed by atoms with Crippen molar-refractivity contribution in [3.8, 4) is 0 Å². The molecule has 1 aromatic heterocycles. The number of thioether (sulfide) groups is 1. The van der Waals surface area contributed by atoms with Crippen molar-refractivity contribution in [2.24, 2.45) is 0 Å². The fraction of sp³-hybridized carbons (Fsp3) is 0.167. The van der Waals surface area contributed by atoms with Gasteiger partial charge in [0.15, 0.2) is 0 Å².